The van der Waals surface area contributed by atoms with E-state index >= 15 is 0 Å². The summed E-state index contributed by atoms with van der Waals surface area (Å²) in [6, 6.07) is 9.60. The van der Waals surface area contributed by atoms with Crippen molar-refractivity contribution in [2.24, 2.45) is 0 Å². The van der Waals surface area contributed by atoms with Gasteiger partial charge in [0.25, 0.3) is 0 Å². The van der Waals surface area contributed by atoms with Crippen LogP contribution in [0.4, 0.5) is 0 Å². The van der Waals surface area contributed by atoms with E-state index in [4.69, 9.17) is 16.1 Å². The number of nitrogens with zero attached hydrogens (tertiary/aromatic N) is 1. The Bertz CT molecular complexity index is 414. The molecule has 1 N–H and O–H groups in total. The highest BCUT2D eigenvalue weighted by atomic mass is 35.5. The maximum absolute atomic E-state index is 6.01. The molecule has 4 heteroatoms. The van der Waals surface area contributed by atoms with Crippen LogP contribution in [-0.2, 0) is 13.1 Å². The van der Waals surface area contributed by atoms with Crippen LogP contribution < -0.4 is 5.32 Å². The van der Waals surface area contributed by atoms with Crippen LogP contribution >= 0.6 is 11.6 Å². The molecule has 0 unspecified atom stereocenters. The first-order valence-corrected chi connectivity index (χ1v) is 5.08. The number of hydrogen-bond acceptors (Lipinski definition) is 3. The van der Waals surface area contributed by atoms with Gasteiger partial charge >= 0.3 is 0 Å². The molecule has 2 rings (SSSR count). The smallest absolute Gasteiger partial charge is 0.150 e. The molecule has 2 aromatic rings. The number of hydrogen-bond donors (Lipinski definition) is 1. The van der Waals surface area contributed by atoms with Crippen molar-refractivity contribution >= 4 is 11.6 Å². The zero-order valence-corrected chi connectivity index (χ0v) is 8.87. The number of aromatic nitrogens is 1. The predicted octanol–water partition coefficient (Wildman–Crippen LogP) is 2.62. The summed E-state index contributed by atoms with van der Waals surface area (Å²) < 4.78 is 4.96. The van der Waals surface area contributed by atoms with E-state index in [0.717, 1.165) is 22.9 Å². The van der Waals surface area contributed by atoms with E-state index in [1.54, 1.807) is 6.20 Å². The molecule has 0 fully saturated rings. The van der Waals surface area contributed by atoms with Crippen LogP contribution in [0.3, 0.4) is 0 Å². The summed E-state index contributed by atoms with van der Waals surface area (Å²) in [7, 11) is 0. The molecule has 0 aliphatic carbocycles. The van der Waals surface area contributed by atoms with Crippen LogP contribution in [0.15, 0.2) is 41.1 Å². The number of rotatable bonds is 4. The molecule has 3 nitrogen and oxygen atoms in total. The quantitative estimate of drug-likeness (QED) is 0.864. The number of nitrogens with one attached hydrogen (secondary N) is 1. The Morgan fingerprint density at radius 2 is 2.07 bits per heavy atom. The van der Waals surface area contributed by atoms with E-state index in [9.17, 15) is 0 Å². The third-order valence-electron chi connectivity index (χ3n) is 2.06. The second-order valence-corrected chi connectivity index (χ2v) is 3.58. The maximum atomic E-state index is 6.01. The fourth-order valence-corrected chi connectivity index (χ4v) is 1.50. The van der Waals surface area contributed by atoms with Gasteiger partial charge in [-0.3, -0.25) is 0 Å². The van der Waals surface area contributed by atoms with Gasteiger partial charge < -0.3 is 9.84 Å². The Labute approximate surface area is 93.0 Å². The third kappa shape index (κ3) is 2.81. The highest BCUT2D eigenvalue weighted by Gasteiger charge is 1.99. The average Bonchev–Trinajstić information content (AvgIpc) is 2.74. The van der Waals surface area contributed by atoms with Gasteiger partial charge in [-0.25, -0.2) is 0 Å². The lowest BCUT2D eigenvalue weighted by atomic mass is 10.2. The molecule has 1 aromatic carbocycles. The standard InChI is InChI=1S/C11H11ClN2O/c12-11-4-2-1-3-9(11)7-13-8-10-5-6-14-15-10/h1-6,13H,7-8H2. The molecular weight excluding hydrogens is 212 g/mol. The van der Waals surface area contributed by atoms with Gasteiger partial charge in [-0.2, -0.15) is 0 Å². The summed E-state index contributed by atoms with van der Waals surface area (Å²) in [5.41, 5.74) is 1.08. The number of benzene rings is 1. The lowest BCUT2D eigenvalue weighted by Crippen LogP contribution is -2.12. The van der Waals surface area contributed by atoms with Gasteiger partial charge in [-0.15, -0.1) is 0 Å². The van der Waals surface area contributed by atoms with Gasteiger partial charge in [0.2, 0.25) is 0 Å². The molecule has 0 amide bonds. The number of halogens is 1. The van der Waals surface area contributed by atoms with Crippen molar-refractivity contribution in [3.8, 4) is 0 Å². The lowest BCUT2D eigenvalue weighted by Gasteiger charge is -2.04. The van der Waals surface area contributed by atoms with Gasteiger partial charge in [0.15, 0.2) is 0 Å². The van der Waals surface area contributed by atoms with Crippen LogP contribution in [0.2, 0.25) is 5.02 Å². The van der Waals surface area contributed by atoms with Crippen molar-refractivity contribution in [3.05, 3.63) is 52.9 Å². The van der Waals surface area contributed by atoms with Crippen molar-refractivity contribution in [1.82, 2.24) is 10.5 Å². The molecule has 1 heterocycles. The van der Waals surface area contributed by atoms with Crippen LogP contribution in [0.25, 0.3) is 0 Å². The first-order chi connectivity index (χ1) is 7.36. The summed E-state index contributed by atoms with van der Waals surface area (Å²) in [5, 5.41) is 7.63. The van der Waals surface area contributed by atoms with Gasteiger partial charge in [-0.05, 0) is 11.6 Å². The van der Waals surface area contributed by atoms with Crippen molar-refractivity contribution in [3.63, 3.8) is 0 Å². The summed E-state index contributed by atoms with van der Waals surface area (Å²) >= 11 is 6.01. The van der Waals surface area contributed by atoms with Gasteiger partial charge in [0.05, 0.1) is 12.7 Å². The molecule has 0 radical (unpaired) electrons. The van der Waals surface area contributed by atoms with Crippen molar-refractivity contribution < 1.29 is 4.52 Å². The SMILES string of the molecule is Clc1ccccc1CNCc1ccno1. The average molecular weight is 223 g/mol. The summed E-state index contributed by atoms with van der Waals surface area (Å²) in [6.45, 7) is 1.38. The first-order valence-electron chi connectivity index (χ1n) is 4.70. The Kier molecular flexibility index (Phi) is 3.37. The summed E-state index contributed by atoms with van der Waals surface area (Å²) in [4.78, 5) is 0. The molecular formula is C11H11ClN2O. The molecule has 0 aliphatic heterocycles. The van der Waals surface area contributed by atoms with Crippen LogP contribution in [0, 0.1) is 0 Å². The minimum atomic E-state index is 0.658. The largest absolute Gasteiger partial charge is 0.360 e. The molecule has 78 valence electrons. The summed E-state index contributed by atoms with van der Waals surface area (Å²) in [5.74, 6) is 0.821. The Morgan fingerprint density at radius 1 is 1.20 bits per heavy atom. The molecule has 0 aliphatic rings. The van der Waals surface area contributed by atoms with E-state index in [1.165, 1.54) is 0 Å². The van der Waals surface area contributed by atoms with E-state index in [2.05, 4.69) is 10.5 Å². The summed E-state index contributed by atoms with van der Waals surface area (Å²) in [6.07, 6.45) is 1.63. The zero-order valence-electron chi connectivity index (χ0n) is 8.11. The van der Waals surface area contributed by atoms with Gasteiger partial charge in [0, 0.05) is 17.6 Å². The fraction of sp³-hybridized carbons (Fsp3) is 0.182. The van der Waals surface area contributed by atoms with Crippen molar-refractivity contribution in [2.45, 2.75) is 13.1 Å². The van der Waals surface area contributed by atoms with Crippen molar-refractivity contribution in [1.29, 1.82) is 0 Å². The second kappa shape index (κ2) is 4.96. The van der Waals surface area contributed by atoms with Gasteiger partial charge in [0.1, 0.15) is 5.76 Å². The molecule has 0 bridgehead atoms. The van der Waals surface area contributed by atoms with E-state index in [1.807, 2.05) is 30.3 Å². The Morgan fingerprint density at radius 3 is 2.80 bits per heavy atom. The van der Waals surface area contributed by atoms with Crippen LogP contribution in [-0.4, -0.2) is 5.16 Å². The van der Waals surface area contributed by atoms with E-state index < -0.39 is 0 Å². The van der Waals surface area contributed by atoms with Crippen LogP contribution in [0.5, 0.6) is 0 Å². The van der Waals surface area contributed by atoms with E-state index in [0.29, 0.717) is 6.54 Å². The minimum absolute atomic E-state index is 0.658. The fourth-order valence-electron chi connectivity index (χ4n) is 1.30. The normalized spacial score (nSPS) is 10.5. The van der Waals surface area contributed by atoms with E-state index in [-0.39, 0.29) is 0 Å². The predicted molar refractivity (Wildman–Crippen MR) is 58.5 cm³/mol. The Hall–Kier alpha value is -1.32. The monoisotopic (exact) mass is 222 g/mol. The van der Waals surface area contributed by atoms with Crippen molar-refractivity contribution in [2.75, 3.05) is 0 Å². The first kappa shape index (κ1) is 10.2. The van der Waals surface area contributed by atoms with Gasteiger partial charge in [-0.1, -0.05) is 35.0 Å². The molecule has 0 saturated carbocycles. The second-order valence-electron chi connectivity index (χ2n) is 3.17. The molecule has 1 aromatic heterocycles. The highest BCUT2D eigenvalue weighted by Crippen LogP contribution is 2.14. The zero-order chi connectivity index (χ0) is 10.5. The minimum Gasteiger partial charge on any atom is -0.360 e. The van der Waals surface area contributed by atoms with Crippen LogP contribution in [0.1, 0.15) is 11.3 Å². The molecule has 15 heavy (non-hydrogen) atoms. The lowest BCUT2D eigenvalue weighted by molar-refractivity contribution is 0.373. The molecule has 0 saturated heterocycles. The highest BCUT2D eigenvalue weighted by molar-refractivity contribution is 6.31. The Balaban J connectivity index is 1.86. The third-order valence-corrected chi connectivity index (χ3v) is 2.43. The molecule has 0 atom stereocenters. The molecule has 0 spiro atoms. The maximum Gasteiger partial charge on any atom is 0.150 e. The topological polar surface area (TPSA) is 38.1 Å².